The lowest BCUT2D eigenvalue weighted by Gasteiger charge is -2.12. The lowest BCUT2D eigenvalue weighted by molar-refractivity contribution is -0.137. The summed E-state index contributed by atoms with van der Waals surface area (Å²) in [6.45, 7) is 1.62. The van der Waals surface area contributed by atoms with Gasteiger partial charge in [-0.15, -0.1) is 0 Å². The summed E-state index contributed by atoms with van der Waals surface area (Å²) in [6, 6.07) is 4.46. The van der Waals surface area contributed by atoms with E-state index in [0.717, 1.165) is 4.47 Å². The van der Waals surface area contributed by atoms with Crippen LogP contribution in [-0.2, 0) is 4.79 Å². The normalized spacial score (nSPS) is 11.9. The van der Waals surface area contributed by atoms with Gasteiger partial charge in [0, 0.05) is 10.5 Å². The number of carboxylic acids is 1. The molecule has 1 atom stereocenters. The first-order chi connectivity index (χ1) is 7.90. The fraction of sp³-hybridized carbons (Fsp3) is 0.273. The monoisotopic (exact) mass is 319 g/mol. The molecule has 4 nitrogen and oxygen atoms in total. The molecule has 0 saturated carbocycles. The molecule has 1 unspecified atom stereocenters. The van der Waals surface area contributed by atoms with Crippen LogP contribution < -0.4 is 5.32 Å². The minimum absolute atomic E-state index is 0.128. The van der Waals surface area contributed by atoms with Gasteiger partial charge in [0.15, 0.2) is 0 Å². The highest BCUT2D eigenvalue weighted by molar-refractivity contribution is 9.10. The number of carboxylic acid groups (broad SMARTS) is 1. The average Bonchev–Trinajstić information content (AvgIpc) is 2.20. The number of amides is 1. The Bertz CT molecular complexity index is 450. The molecule has 1 amide bonds. The highest BCUT2D eigenvalue weighted by atomic mass is 79.9. The van der Waals surface area contributed by atoms with Crippen LogP contribution in [0, 0.1) is 0 Å². The maximum Gasteiger partial charge on any atom is 0.305 e. The number of rotatable bonds is 4. The smallest absolute Gasteiger partial charge is 0.305 e. The molecule has 0 spiro atoms. The summed E-state index contributed by atoms with van der Waals surface area (Å²) < 4.78 is 0.734. The van der Waals surface area contributed by atoms with E-state index in [0.29, 0.717) is 10.6 Å². The molecule has 0 saturated heterocycles. The van der Waals surface area contributed by atoms with Crippen LogP contribution in [0.3, 0.4) is 0 Å². The third kappa shape index (κ3) is 4.36. The molecule has 0 aliphatic carbocycles. The SMILES string of the molecule is CC(CC(=O)O)NC(=O)c1cc(Br)ccc1Cl. The van der Waals surface area contributed by atoms with Gasteiger partial charge >= 0.3 is 5.97 Å². The summed E-state index contributed by atoms with van der Waals surface area (Å²) in [6.07, 6.45) is -0.128. The average molecular weight is 321 g/mol. The third-order valence-corrected chi connectivity index (χ3v) is 2.85. The summed E-state index contributed by atoms with van der Waals surface area (Å²) in [7, 11) is 0. The maximum absolute atomic E-state index is 11.8. The molecule has 17 heavy (non-hydrogen) atoms. The van der Waals surface area contributed by atoms with Gasteiger partial charge in [0.25, 0.3) is 5.91 Å². The van der Waals surface area contributed by atoms with Crippen LogP contribution in [0.2, 0.25) is 5.02 Å². The zero-order chi connectivity index (χ0) is 13.0. The summed E-state index contributed by atoms with van der Waals surface area (Å²) in [5, 5.41) is 11.5. The first-order valence-corrected chi connectivity index (χ1v) is 6.05. The van der Waals surface area contributed by atoms with Gasteiger partial charge in [0.1, 0.15) is 0 Å². The van der Waals surface area contributed by atoms with Gasteiger partial charge in [0.05, 0.1) is 17.0 Å². The lowest BCUT2D eigenvalue weighted by atomic mass is 10.2. The van der Waals surface area contributed by atoms with Gasteiger partial charge in [-0.2, -0.15) is 0 Å². The molecule has 92 valence electrons. The van der Waals surface area contributed by atoms with Crippen LogP contribution in [0.4, 0.5) is 0 Å². The minimum atomic E-state index is -0.960. The summed E-state index contributed by atoms with van der Waals surface area (Å²) in [5.41, 5.74) is 0.318. The summed E-state index contributed by atoms with van der Waals surface area (Å²) in [5.74, 6) is -1.34. The molecule has 0 heterocycles. The molecular formula is C11H11BrClNO3. The molecule has 0 aliphatic rings. The second kappa shape index (κ2) is 6.02. The topological polar surface area (TPSA) is 66.4 Å². The molecule has 0 fully saturated rings. The standard InChI is InChI=1S/C11H11BrClNO3/c1-6(4-10(15)16)14-11(17)8-5-7(12)2-3-9(8)13/h2-3,5-6H,4H2,1H3,(H,14,17)(H,15,16). The fourth-order valence-electron chi connectivity index (χ4n) is 1.29. The Labute approximate surface area is 112 Å². The van der Waals surface area contributed by atoms with E-state index >= 15 is 0 Å². The Morgan fingerprint density at radius 1 is 1.53 bits per heavy atom. The molecule has 2 N–H and O–H groups in total. The Kier molecular flexibility index (Phi) is 4.96. The number of benzene rings is 1. The van der Waals surface area contributed by atoms with E-state index in [1.807, 2.05) is 0 Å². The van der Waals surface area contributed by atoms with E-state index in [2.05, 4.69) is 21.2 Å². The van der Waals surface area contributed by atoms with E-state index in [4.69, 9.17) is 16.7 Å². The predicted molar refractivity (Wildman–Crippen MR) is 68.3 cm³/mol. The van der Waals surface area contributed by atoms with Crippen LogP contribution in [0.5, 0.6) is 0 Å². The quantitative estimate of drug-likeness (QED) is 0.896. The Hall–Kier alpha value is -1.07. The van der Waals surface area contributed by atoms with Crippen molar-refractivity contribution in [2.75, 3.05) is 0 Å². The highest BCUT2D eigenvalue weighted by Gasteiger charge is 2.15. The van der Waals surface area contributed by atoms with Gasteiger partial charge in [-0.3, -0.25) is 9.59 Å². The summed E-state index contributed by atoms with van der Waals surface area (Å²) in [4.78, 5) is 22.3. The van der Waals surface area contributed by atoms with Gasteiger partial charge in [-0.25, -0.2) is 0 Å². The van der Waals surface area contributed by atoms with Crippen molar-refractivity contribution >= 4 is 39.4 Å². The molecule has 6 heteroatoms. The molecular weight excluding hydrogens is 309 g/mol. The van der Waals surface area contributed by atoms with Crippen molar-refractivity contribution in [1.82, 2.24) is 5.32 Å². The van der Waals surface area contributed by atoms with Crippen LogP contribution in [0.25, 0.3) is 0 Å². The number of halogens is 2. The first kappa shape index (κ1) is 14.0. The number of carbonyl (C=O) groups excluding carboxylic acids is 1. The number of nitrogens with one attached hydrogen (secondary N) is 1. The molecule has 1 aromatic carbocycles. The Balaban J connectivity index is 2.76. The van der Waals surface area contributed by atoms with Gasteiger partial charge in [0.2, 0.25) is 0 Å². The molecule has 1 aromatic rings. The van der Waals surface area contributed by atoms with Crippen LogP contribution in [0.15, 0.2) is 22.7 Å². The van der Waals surface area contributed by atoms with Crippen molar-refractivity contribution in [3.63, 3.8) is 0 Å². The van der Waals surface area contributed by atoms with Crippen molar-refractivity contribution in [2.45, 2.75) is 19.4 Å². The number of aliphatic carboxylic acids is 1. The van der Waals surface area contributed by atoms with E-state index in [1.54, 1.807) is 25.1 Å². The van der Waals surface area contributed by atoms with Gasteiger partial charge in [-0.05, 0) is 25.1 Å². The molecule has 1 rings (SSSR count). The zero-order valence-corrected chi connectivity index (χ0v) is 11.4. The van der Waals surface area contributed by atoms with Crippen LogP contribution in [0.1, 0.15) is 23.7 Å². The Morgan fingerprint density at radius 3 is 2.76 bits per heavy atom. The fourth-order valence-corrected chi connectivity index (χ4v) is 1.85. The Morgan fingerprint density at radius 2 is 2.18 bits per heavy atom. The van der Waals surface area contributed by atoms with Crippen LogP contribution >= 0.6 is 27.5 Å². The maximum atomic E-state index is 11.8. The predicted octanol–water partition coefficient (Wildman–Crippen LogP) is 2.70. The van der Waals surface area contributed by atoms with E-state index in [9.17, 15) is 9.59 Å². The minimum Gasteiger partial charge on any atom is -0.481 e. The van der Waals surface area contributed by atoms with Crippen molar-refractivity contribution in [3.05, 3.63) is 33.3 Å². The third-order valence-electron chi connectivity index (χ3n) is 2.03. The second-order valence-corrected chi connectivity index (χ2v) is 4.92. The summed E-state index contributed by atoms with van der Waals surface area (Å²) >= 11 is 9.12. The number of hydrogen-bond acceptors (Lipinski definition) is 2. The van der Waals surface area contributed by atoms with Crippen molar-refractivity contribution < 1.29 is 14.7 Å². The van der Waals surface area contributed by atoms with E-state index in [-0.39, 0.29) is 12.3 Å². The first-order valence-electron chi connectivity index (χ1n) is 4.88. The zero-order valence-electron chi connectivity index (χ0n) is 9.04. The van der Waals surface area contributed by atoms with Crippen molar-refractivity contribution in [1.29, 1.82) is 0 Å². The van der Waals surface area contributed by atoms with E-state index in [1.165, 1.54) is 0 Å². The van der Waals surface area contributed by atoms with E-state index < -0.39 is 12.0 Å². The second-order valence-electron chi connectivity index (χ2n) is 3.60. The van der Waals surface area contributed by atoms with Crippen molar-refractivity contribution in [3.8, 4) is 0 Å². The van der Waals surface area contributed by atoms with Gasteiger partial charge < -0.3 is 10.4 Å². The molecule has 0 radical (unpaired) electrons. The molecule has 0 aliphatic heterocycles. The van der Waals surface area contributed by atoms with Gasteiger partial charge in [-0.1, -0.05) is 27.5 Å². The number of hydrogen-bond donors (Lipinski definition) is 2. The lowest BCUT2D eigenvalue weighted by Crippen LogP contribution is -2.34. The highest BCUT2D eigenvalue weighted by Crippen LogP contribution is 2.21. The van der Waals surface area contributed by atoms with Crippen LogP contribution in [-0.4, -0.2) is 23.0 Å². The largest absolute Gasteiger partial charge is 0.481 e. The molecule has 0 bridgehead atoms. The van der Waals surface area contributed by atoms with Crippen molar-refractivity contribution in [2.24, 2.45) is 0 Å². The molecule has 0 aromatic heterocycles. The number of carbonyl (C=O) groups is 2.